The molecule has 0 saturated carbocycles. The molecular formula is C18H19N3O4. The Hall–Kier alpha value is -3.09. The average Bonchev–Trinajstić information content (AvgIpc) is 3.11. The summed E-state index contributed by atoms with van der Waals surface area (Å²) in [5.41, 5.74) is 5.28. The maximum absolute atomic E-state index is 12.2. The molecule has 0 spiro atoms. The Kier molecular flexibility index (Phi) is 5.13. The second-order valence-electron chi connectivity index (χ2n) is 5.76. The summed E-state index contributed by atoms with van der Waals surface area (Å²) in [5.74, 6) is 0.769. The third-order valence-corrected chi connectivity index (χ3v) is 3.97. The van der Waals surface area contributed by atoms with Crippen LogP contribution in [0.5, 0.6) is 17.4 Å². The molecule has 7 heteroatoms. The monoisotopic (exact) mass is 341 g/mol. The first-order chi connectivity index (χ1) is 12.1. The highest BCUT2D eigenvalue weighted by molar-refractivity contribution is 5.81. The van der Waals surface area contributed by atoms with Crippen molar-refractivity contribution in [3.8, 4) is 17.4 Å². The summed E-state index contributed by atoms with van der Waals surface area (Å²) in [5, 5.41) is 0. The maximum Gasteiger partial charge on any atom is 0.260 e. The highest BCUT2D eigenvalue weighted by atomic mass is 16.5. The normalized spacial score (nSPS) is 16.5. The molecule has 1 aliphatic heterocycles. The predicted molar refractivity (Wildman–Crippen MR) is 90.1 cm³/mol. The molecule has 1 aromatic carbocycles. The van der Waals surface area contributed by atoms with Crippen molar-refractivity contribution in [3.63, 3.8) is 0 Å². The van der Waals surface area contributed by atoms with Crippen LogP contribution in [0.4, 0.5) is 0 Å². The largest absolute Gasteiger partial charge is 0.484 e. The molecule has 7 nitrogen and oxygen atoms in total. The van der Waals surface area contributed by atoms with Crippen LogP contribution < -0.4 is 15.2 Å². The molecule has 3 rings (SSSR count). The molecule has 0 aliphatic carbocycles. The van der Waals surface area contributed by atoms with Crippen molar-refractivity contribution in [2.24, 2.45) is 11.7 Å². The van der Waals surface area contributed by atoms with Crippen LogP contribution in [0.15, 0.2) is 48.7 Å². The molecule has 25 heavy (non-hydrogen) atoms. The zero-order chi connectivity index (χ0) is 17.6. The number of nitrogens with zero attached hydrogens (tertiary/aromatic N) is 2. The number of hydrogen-bond donors (Lipinski definition) is 1. The van der Waals surface area contributed by atoms with Crippen LogP contribution in [0.25, 0.3) is 0 Å². The van der Waals surface area contributed by atoms with E-state index in [0.717, 1.165) is 0 Å². The Bertz CT molecular complexity index is 751. The van der Waals surface area contributed by atoms with Gasteiger partial charge in [0.25, 0.3) is 5.91 Å². The standard InChI is InChI=1S/C18H19N3O4/c19-18(23)13-7-9-21(11-13)17(22)12-24-14-4-3-5-15(10-14)25-16-6-1-2-8-20-16/h1-6,8,10,13H,7,9,11-12H2,(H2,19,23)/t13-/m1/s1. The van der Waals surface area contributed by atoms with Gasteiger partial charge in [-0.3, -0.25) is 9.59 Å². The molecule has 2 heterocycles. The van der Waals surface area contributed by atoms with Crippen molar-refractivity contribution in [3.05, 3.63) is 48.7 Å². The molecule has 1 aromatic heterocycles. The Labute approximate surface area is 145 Å². The van der Waals surface area contributed by atoms with Crippen molar-refractivity contribution in [2.75, 3.05) is 19.7 Å². The highest BCUT2D eigenvalue weighted by Crippen LogP contribution is 2.24. The minimum absolute atomic E-state index is 0.0987. The molecule has 1 fully saturated rings. The first kappa shape index (κ1) is 16.8. The van der Waals surface area contributed by atoms with E-state index in [1.807, 2.05) is 6.07 Å². The molecule has 2 aromatic rings. The lowest BCUT2D eigenvalue weighted by Crippen LogP contribution is -2.34. The number of aromatic nitrogens is 1. The van der Waals surface area contributed by atoms with Crippen molar-refractivity contribution in [1.29, 1.82) is 0 Å². The highest BCUT2D eigenvalue weighted by Gasteiger charge is 2.29. The van der Waals surface area contributed by atoms with E-state index >= 15 is 0 Å². The Morgan fingerprint density at radius 3 is 2.76 bits per heavy atom. The van der Waals surface area contributed by atoms with E-state index < -0.39 is 0 Å². The van der Waals surface area contributed by atoms with E-state index in [2.05, 4.69) is 4.98 Å². The summed E-state index contributed by atoms with van der Waals surface area (Å²) < 4.78 is 11.2. The van der Waals surface area contributed by atoms with E-state index in [9.17, 15) is 9.59 Å². The number of amides is 2. The fourth-order valence-corrected chi connectivity index (χ4v) is 2.61. The number of rotatable bonds is 6. The van der Waals surface area contributed by atoms with Gasteiger partial charge in [0.05, 0.1) is 5.92 Å². The summed E-state index contributed by atoms with van der Waals surface area (Å²) in [6.07, 6.45) is 2.25. The van der Waals surface area contributed by atoms with Crippen LogP contribution in [0.3, 0.4) is 0 Å². The number of ether oxygens (including phenoxy) is 2. The quantitative estimate of drug-likeness (QED) is 0.861. The van der Waals surface area contributed by atoms with Gasteiger partial charge in [-0.05, 0) is 24.6 Å². The van der Waals surface area contributed by atoms with E-state index in [4.69, 9.17) is 15.2 Å². The first-order valence-corrected chi connectivity index (χ1v) is 8.00. The minimum atomic E-state index is -0.365. The molecule has 1 aliphatic rings. The van der Waals surface area contributed by atoms with Crippen LogP contribution in [0.1, 0.15) is 6.42 Å². The van der Waals surface area contributed by atoms with E-state index in [0.29, 0.717) is 36.9 Å². The summed E-state index contributed by atoms with van der Waals surface area (Å²) in [6.45, 7) is 0.789. The van der Waals surface area contributed by atoms with Crippen molar-refractivity contribution in [2.45, 2.75) is 6.42 Å². The number of carbonyl (C=O) groups excluding carboxylic acids is 2. The number of primary amides is 1. The third-order valence-electron chi connectivity index (χ3n) is 3.97. The second-order valence-corrected chi connectivity index (χ2v) is 5.76. The first-order valence-electron chi connectivity index (χ1n) is 8.00. The molecule has 0 unspecified atom stereocenters. The van der Waals surface area contributed by atoms with Gasteiger partial charge in [0.1, 0.15) is 11.5 Å². The molecule has 130 valence electrons. The molecular weight excluding hydrogens is 322 g/mol. The van der Waals surface area contributed by atoms with Crippen LogP contribution >= 0.6 is 0 Å². The average molecular weight is 341 g/mol. The molecule has 0 radical (unpaired) electrons. The van der Waals surface area contributed by atoms with Crippen LogP contribution in [-0.4, -0.2) is 41.4 Å². The van der Waals surface area contributed by atoms with Gasteiger partial charge in [-0.1, -0.05) is 12.1 Å². The number of pyridine rings is 1. The zero-order valence-corrected chi connectivity index (χ0v) is 13.6. The predicted octanol–water partition coefficient (Wildman–Crippen LogP) is 1.59. The molecule has 1 saturated heterocycles. The number of benzene rings is 1. The van der Waals surface area contributed by atoms with Gasteiger partial charge in [0.15, 0.2) is 6.61 Å². The van der Waals surface area contributed by atoms with Crippen molar-refractivity contribution in [1.82, 2.24) is 9.88 Å². The lowest BCUT2D eigenvalue weighted by Gasteiger charge is -2.16. The smallest absolute Gasteiger partial charge is 0.260 e. The maximum atomic E-state index is 12.2. The molecule has 2 N–H and O–H groups in total. The SMILES string of the molecule is NC(=O)[C@@H]1CCN(C(=O)COc2cccc(Oc3ccccn3)c2)C1. The van der Waals surface area contributed by atoms with Gasteiger partial charge >= 0.3 is 0 Å². The van der Waals surface area contributed by atoms with Crippen LogP contribution in [-0.2, 0) is 9.59 Å². The van der Waals surface area contributed by atoms with Gasteiger partial charge in [0.2, 0.25) is 11.8 Å². The van der Waals surface area contributed by atoms with Crippen molar-refractivity contribution >= 4 is 11.8 Å². The summed E-state index contributed by atoms with van der Waals surface area (Å²) in [7, 11) is 0. The summed E-state index contributed by atoms with van der Waals surface area (Å²) in [6, 6.07) is 12.4. The van der Waals surface area contributed by atoms with E-state index in [1.165, 1.54) is 0 Å². The van der Waals surface area contributed by atoms with Crippen LogP contribution in [0.2, 0.25) is 0 Å². The van der Waals surface area contributed by atoms with Gasteiger partial charge < -0.3 is 20.1 Å². The molecule has 1 atom stereocenters. The van der Waals surface area contributed by atoms with E-state index in [1.54, 1.807) is 47.5 Å². The lowest BCUT2D eigenvalue weighted by molar-refractivity contribution is -0.132. The number of likely N-dealkylation sites (tertiary alicyclic amines) is 1. The Morgan fingerprint density at radius 1 is 1.20 bits per heavy atom. The van der Waals surface area contributed by atoms with E-state index in [-0.39, 0.29) is 24.3 Å². The Morgan fingerprint density at radius 2 is 2.04 bits per heavy atom. The molecule has 2 amide bonds. The Balaban J connectivity index is 1.54. The van der Waals surface area contributed by atoms with Gasteiger partial charge in [-0.2, -0.15) is 0 Å². The third kappa shape index (κ3) is 4.47. The minimum Gasteiger partial charge on any atom is -0.484 e. The van der Waals surface area contributed by atoms with Gasteiger partial charge in [-0.25, -0.2) is 4.98 Å². The summed E-state index contributed by atoms with van der Waals surface area (Å²) >= 11 is 0. The van der Waals surface area contributed by atoms with Gasteiger partial charge in [0, 0.05) is 31.4 Å². The fourth-order valence-electron chi connectivity index (χ4n) is 2.61. The van der Waals surface area contributed by atoms with Crippen molar-refractivity contribution < 1.29 is 19.1 Å². The number of carbonyl (C=O) groups is 2. The van der Waals surface area contributed by atoms with Gasteiger partial charge in [-0.15, -0.1) is 0 Å². The van der Waals surface area contributed by atoms with Crippen LogP contribution in [0, 0.1) is 5.92 Å². The molecule has 0 bridgehead atoms. The topological polar surface area (TPSA) is 94.8 Å². The fraction of sp³-hybridized carbons (Fsp3) is 0.278. The summed E-state index contributed by atoms with van der Waals surface area (Å²) in [4.78, 5) is 29.0. The second kappa shape index (κ2) is 7.65. The number of nitrogens with two attached hydrogens (primary N) is 1. The lowest BCUT2D eigenvalue weighted by atomic mass is 10.1. The zero-order valence-electron chi connectivity index (χ0n) is 13.6. The number of hydrogen-bond acceptors (Lipinski definition) is 5.